The molecule has 1 heterocycles. The molecule has 1 unspecified atom stereocenters. The normalized spacial score (nSPS) is 24.3. The molecule has 0 spiro atoms. The molecule has 142 valence electrons. The average molecular weight is 356 g/mol. The highest BCUT2D eigenvalue weighted by molar-refractivity contribution is 5.94. The fourth-order valence-corrected chi connectivity index (χ4v) is 3.52. The lowest BCUT2D eigenvalue weighted by Gasteiger charge is -2.38. The lowest BCUT2D eigenvalue weighted by molar-refractivity contribution is 0.312. The van der Waals surface area contributed by atoms with Crippen LogP contribution < -0.4 is 15.4 Å². The Morgan fingerprint density at radius 1 is 1.27 bits per heavy atom. The summed E-state index contributed by atoms with van der Waals surface area (Å²) in [6, 6.07) is 9.38. The van der Waals surface area contributed by atoms with Crippen LogP contribution in [0.2, 0.25) is 0 Å². The first kappa shape index (κ1) is 19.0. The fraction of sp³-hybridized carbons (Fsp3) is 0.591. The number of nitrogens with zero attached hydrogens (tertiary/aromatic N) is 1. The van der Waals surface area contributed by atoms with Crippen LogP contribution in [0.1, 0.15) is 45.6 Å². The predicted octanol–water partition coefficient (Wildman–Crippen LogP) is 3.72. The van der Waals surface area contributed by atoms with Crippen LogP contribution in [0.5, 0.6) is 5.75 Å². The summed E-state index contributed by atoms with van der Waals surface area (Å²) in [5, 5.41) is 7.30. The van der Waals surface area contributed by atoms with E-state index in [1.54, 1.807) is 7.11 Å². The summed E-state index contributed by atoms with van der Waals surface area (Å²) in [4.78, 5) is 4.74. The second-order valence-corrected chi connectivity index (χ2v) is 8.25. The molecule has 1 saturated carbocycles. The van der Waals surface area contributed by atoms with Crippen LogP contribution in [0.25, 0.3) is 0 Å². The maximum absolute atomic E-state index is 5.22. The summed E-state index contributed by atoms with van der Waals surface area (Å²) in [6.07, 6.45) is 9.17. The van der Waals surface area contributed by atoms with E-state index in [-0.39, 0.29) is 5.54 Å². The van der Waals surface area contributed by atoms with Crippen LogP contribution in [-0.4, -0.2) is 37.1 Å². The van der Waals surface area contributed by atoms with E-state index < -0.39 is 0 Å². The molecule has 1 aromatic rings. The summed E-state index contributed by atoms with van der Waals surface area (Å²) in [7, 11) is 1.70. The van der Waals surface area contributed by atoms with Crippen LogP contribution in [0.15, 0.2) is 41.4 Å². The molecule has 0 amide bonds. The number of nitrogens with one attached hydrogen (secondary N) is 2. The first-order valence-corrected chi connectivity index (χ1v) is 9.87. The molecule has 1 aromatic carbocycles. The minimum Gasteiger partial charge on any atom is -0.497 e. The first-order valence-electron chi connectivity index (χ1n) is 9.87. The van der Waals surface area contributed by atoms with E-state index in [1.807, 2.05) is 12.1 Å². The standard InChI is InChI=1S/C22H33N3O/c1-16(15-17-5-10-20(26-4)11-6-17)23-14-13-18-7-12-21(24-19-8-9-19)25-22(18,2)3/h5-7,10-12,16,18-19,23H,8-9,13-15H2,1-4H3,(H,24,25)/t16-,18?/m1/s1. The average Bonchev–Trinajstić information content (AvgIpc) is 3.41. The zero-order chi connectivity index (χ0) is 18.6. The van der Waals surface area contributed by atoms with Gasteiger partial charge < -0.3 is 15.4 Å². The Hall–Kier alpha value is -1.81. The molecular formula is C22H33N3O. The van der Waals surface area contributed by atoms with Gasteiger partial charge in [-0.1, -0.05) is 18.2 Å². The van der Waals surface area contributed by atoms with Gasteiger partial charge in [0.25, 0.3) is 0 Å². The molecule has 0 saturated heterocycles. The van der Waals surface area contributed by atoms with Gasteiger partial charge in [-0.2, -0.15) is 0 Å². The van der Waals surface area contributed by atoms with Gasteiger partial charge >= 0.3 is 0 Å². The SMILES string of the molecule is COc1ccc(C[C@@H](C)NCCC2C=CC(=NC3CC3)NC2(C)C)cc1. The van der Waals surface area contributed by atoms with Crippen molar-refractivity contribution in [3.8, 4) is 5.75 Å². The van der Waals surface area contributed by atoms with Gasteiger partial charge in [0.05, 0.1) is 13.2 Å². The Bertz CT molecular complexity index is 644. The van der Waals surface area contributed by atoms with E-state index in [4.69, 9.17) is 9.73 Å². The summed E-state index contributed by atoms with van der Waals surface area (Å²) in [5.74, 6) is 2.49. The fourth-order valence-electron chi connectivity index (χ4n) is 3.52. The molecule has 2 atom stereocenters. The largest absolute Gasteiger partial charge is 0.497 e. The molecule has 2 N–H and O–H groups in total. The molecule has 1 aliphatic heterocycles. The second-order valence-electron chi connectivity index (χ2n) is 8.25. The van der Waals surface area contributed by atoms with Crippen molar-refractivity contribution in [2.24, 2.45) is 10.9 Å². The number of hydrogen-bond acceptors (Lipinski definition) is 3. The summed E-state index contributed by atoms with van der Waals surface area (Å²) >= 11 is 0. The van der Waals surface area contributed by atoms with Crippen LogP contribution in [0.4, 0.5) is 0 Å². The third-order valence-corrected chi connectivity index (χ3v) is 5.38. The molecule has 1 fully saturated rings. The number of rotatable bonds is 8. The number of amidine groups is 1. The highest BCUT2D eigenvalue weighted by Gasteiger charge is 2.32. The van der Waals surface area contributed by atoms with Crippen LogP contribution in [0.3, 0.4) is 0 Å². The molecule has 4 heteroatoms. The molecule has 0 aromatic heterocycles. The number of methoxy groups -OCH3 is 1. The first-order chi connectivity index (χ1) is 12.5. The van der Waals surface area contributed by atoms with Gasteiger partial charge in [-0.15, -0.1) is 0 Å². The molecule has 0 radical (unpaired) electrons. The van der Waals surface area contributed by atoms with Gasteiger partial charge in [0.1, 0.15) is 11.6 Å². The number of aliphatic imine (C=N–C) groups is 1. The maximum atomic E-state index is 5.22. The van der Waals surface area contributed by atoms with Crippen LogP contribution in [-0.2, 0) is 6.42 Å². The van der Waals surface area contributed by atoms with Crippen molar-refractivity contribution in [3.05, 3.63) is 42.0 Å². The van der Waals surface area contributed by atoms with Gasteiger partial charge in [-0.05, 0) is 76.8 Å². The van der Waals surface area contributed by atoms with E-state index in [1.165, 1.54) is 18.4 Å². The topological polar surface area (TPSA) is 45.6 Å². The van der Waals surface area contributed by atoms with Gasteiger partial charge in [0.15, 0.2) is 0 Å². The summed E-state index contributed by atoms with van der Waals surface area (Å²) in [5.41, 5.74) is 1.40. The Labute approximate surface area is 158 Å². The minimum absolute atomic E-state index is 0.0589. The van der Waals surface area contributed by atoms with Crippen molar-refractivity contribution in [2.75, 3.05) is 13.7 Å². The highest BCUT2D eigenvalue weighted by atomic mass is 16.5. The van der Waals surface area contributed by atoms with E-state index in [0.29, 0.717) is 18.0 Å². The summed E-state index contributed by atoms with van der Waals surface area (Å²) < 4.78 is 5.22. The maximum Gasteiger partial charge on any atom is 0.121 e. The van der Waals surface area contributed by atoms with E-state index in [0.717, 1.165) is 31.0 Å². The van der Waals surface area contributed by atoms with Crippen molar-refractivity contribution in [3.63, 3.8) is 0 Å². The molecule has 3 rings (SSSR count). The van der Waals surface area contributed by atoms with Crippen molar-refractivity contribution in [2.45, 2.75) is 64.1 Å². The van der Waals surface area contributed by atoms with Crippen molar-refractivity contribution >= 4 is 5.84 Å². The lowest BCUT2D eigenvalue weighted by atomic mass is 9.82. The molecule has 0 bridgehead atoms. The Morgan fingerprint density at radius 2 is 2.00 bits per heavy atom. The quantitative estimate of drug-likeness (QED) is 0.747. The number of ether oxygens (including phenoxy) is 1. The molecule has 2 aliphatic rings. The van der Waals surface area contributed by atoms with Crippen LogP contribution >= 0.6 is 0 Å². The number of benzene rings is 1. The Balaban J connectivity index is 1.44. The molecule has 4 nitrogen and oxygen atoms in total. The molecule has 26 heavy (non-hydrogen) atoms. The van der Waals surface area contributed by atoms with Crippen molar-refractivity contribution < 1.29 is 4.74 Å². The minimum atomic E-state index is 0.0589. The van der Waals surface area contributed by atoms with E-state index in [9.17, 15) is 0 Å². The van der Waals surface area contributed by atoms with E-state index >= 15 is 0 Å². The van der Waals surface area contributed by atoms with Gasteiger partial charge in [0.2, 0.25) is 0 Å². The van der Waals surface area contributed by atoms with Crippen molar-refractivity contribution in [1.29, 1.82) is 0 Å². The van der Waals surface area contributed by atoms with Gasteiger partial charge in [-0.3, -0.25) is 4.99 Å². The van der Waals surface area contributed by atoms with Gasteiger partial charge in [-0.25, -0.2) is 0 Å². The number of hydrogen-bond donors (Lipinski definition) is 2. The highest BCUT2D eigenvalue weighted by Crippen LogP contribution is 2.28. The zero-order valence-corrected chi connectivity index (χ0v) is 16.6. The van der Waals surface area contributed by atoms with Crippen LogP contribution in [0, 0.1) is 5.92 Å². The Morgan fingerprint density at radius 3 is 2.62 bits per heavy atom. The third-order valence-electron chi connectivity index (χ3n) is 5.38. The third kappa shape index (κ3) is 5.34. The predicted molar refractivity (Wildman–Crippen MR) is 109 cm³/mol. The Kier molecular flexibility index (Phi) is 6.02. The zero-order valence-electron chi connectivity index (χ0n) is 16.6. The second kappa shape index (κ2) is 8.26. The molecular weight excluding hydrogens is 322 g/mol. The summed E-state index contributed by atoms with van der Waals surface area (Å²) in [6.45, 7) is 7.84. The molecule has 1 aliphatic carbocycles. The van der Waals surface area contributed by atoms with E-state index in [2.05, 4.69) is 55.7 Å². The monoisotopic (exact) mass is 355 g/mol. The smallest absolute Gasteiger partial charge is 0.121 e. The lowest BCUT2D eigenvalue weighted by Crippen LogP contribution is -2.51. The van der Waals surface area contributed by atoms with Crippen molar-refractivity contribution in [1.82, 2.24) is 10.6 Å². The van der Waals surface area contributed by atoms with Gasteiger partial charge in [0, 0.05) is 17.5 Å².